The highest BCUT2D eigenvalue weighted by atomic mass is 19.1. The van der Waals surface area contributed by atoms with Gasteiger partial charge in [-0.3, -0.25) is 0 Å². The van der Waals surface area contributed by atoms with Crippen LogP contribution in [0.4, 0.5) is 4.39 Å². The molecule has 1 fully saturated rings. The van der Waals surface area contributed by atoms with Gasteiger partial charge >= 0.3 is 0 Å². The molecule has 1 saturated heterocycles. The number of nitrogens with zero attached hydrogens (tertiary/aromatic N) is 2. The zero-order chi connectivity index (χ0) is 22.6. The molecule has 0 spiro atoms. The smallest absolute Gasteiger partial charge is 0.147 e. The van der Waals surface area contributed by atoms with Gasteiger partial charge in [0.05, 0.1) is 11.4 Å². The Labute approximate surface area is 200 Å². The number of aromatic hydroxyl groups is 1. The topological polar surface area (TPSA) is 45.6 Å². The number of hydroxylamine groups is 2. The number of benzene rings is 3. The van der Waals surface area contributed by atoms with Crippen LogP contribution in [0.25, 0.3) is 33.6 Å². The minimum Gasteiger partial charge on any atom is -0.508 e. The average molecular weight is 457 g/mol. The van der Waals surface area contributed by atoms with Gasteiger partial charge in [-0.2, -0.15) is 0 Å². The molecule has 1 aliphatic heterocycles. The van der Waals surface area contributed by atoms with Crippen molar-refractivity contribution in [3.63, 3.8) is 0 Å². The van der Waals surface area contributed by atoms with E-state index in [1.807, 2.05) is 53.6 Å². The van der Waals surface area contributed by atoms with Crippen molar-refractivity contribution in [3.8, 4) is 45.1 Å². The maximum absolute atomic E-state index is 13.4. The van der Waals surface area contributed by atoms with Crippen LogP contribution in [-0.4, -0.2) is 28.2 Å². The zero-order valence-electron chi connectivity index (χ0n) is 18.2. The third-order valence-corrected chi connectivity index (χ3v) is 5.89. The summed E-state index contributed by atoms with van der Waals surface area (Å²) in [6.45, 7) is 1.90. The first-order chi connectivity index (χ1) is 16.2. The van der Waals surface area contributed by atoms with Gasteiger partial charge in [0.1, 0.15) is 17.3 Å². The van der Waals surface area contributed by atoms with Gasteiger partial charge in [0.25, 0.3) is 0 Å². The molecule has 174 valence electrons. The number of hydrogen-bond donors (Lipinski definition) is 1. The lowest BCUT2D eigenvalue weighted by Gasteiger charge is -2.26. The number of piperidine rings is 1. The minimum atomic E-state index is -0.274. The number of phenols is 1. The van der Waals surface area contributed by atoms with E-state index in [-0.39, 0.29) is 19.0 Å². The largest absolute Gasteiger partial charge is 0.508 e. The molecule has 3 aromatic carbocycles. The molecule has 1 aliphatic rings. The molecule has 4 nitrogen and oxygen atoms in total. The molecule has 5 heteroatoms. The third-order valence-electron chi connectivity index (χ3n) is 5.89. The molecule has 0 unspecified atom stereocenters. The van der Waals surface area contributed by atoms with Crippen LogP contribution in [0.5, 0.6) is 11.5 Å². The highest BCUT2D eigenvalue weighted by molar-refractivity contribution is 5.83. The summed E-state index contributed by atoms with van der Waals surface area (Å²) in [5.41, 5.74) is 5.28. The maximum Gasteiger partial charge on any atom is 0.147 e. The molecule has 1 N–H and O–H groups in total. The Balaban J connectivity index is 0.00000274. The molecule has 0 amide bonds. The van der Waals surface area contributed by atoms with Crippen LogP contribution in [0.15, 0.2) is 84.9 Å². The average Bonchev–Trinajstić information content (AvgIpc) is 2.86. The lowest BCUT2D eigenvalue weighted by molar-refractivity contribution is -0.0719. The highest BCUT2D eigenvalue weighted by Gasteiger charge is 2.14. The predicted octanol–water partition coefficient (Wildman–Crippen LogP) is 7.34. The van der Waals surface area contributed by atoms with E-state index in [9.17, 15) is 9.50 Å². The molecule has 4 aromatic rings. The summed E-state index contributed by atoms with van der Waals surface area (Å²) in [7, 11) is 0. The molecule has 0 saturated carbocycles. The Morgan fingerprint density at radius 3 is 2.00 bits per heavy atom. The monoisotopic (exact) mass is 456 g/mol. The lowest BCUT2D eigenvalue weighted by atomic mass is 9.97. The molecular weight excluding hydrogens is 427 g/mol. The molecule has 0 bridgehead atoms. The summed E-state index contributed by atoms with van der Waals surface area (Å²) < 4.78 is 13.4. The van der Waals surface area contributed by atoms with E-state index in [0.717, 1.165) is 65.3 Å². The van der Waals surface area contributed by atoms with Crippen LogP contribution in [0, 0.1) is 5.82 Å². The molecule has 2 heterocycles. The Hall–Kier alpha value is -3.70. The van der Waals surface area contributed by atoms with E-state index in [1.54, 1.807) is 24.3 Å². The van der Waals surface area contributed by atoms with Gasteiger partial charge < -0.3 is 9.94 Å². The van der Waals surface area contributed by atoms with Crippen LogP contribution in [0.3, 0.4) is 0 Å². The fourth-order valence-corrected chi connectivity index (χ4v) is 4.11. The summed E-state index contributed by atoms with van der Waals surface area (Å²) >= 11 is 0. The Bertz CT molecular complexity index is 1220. The maximum atomic E-state index is 13.4. The number of hydrogen-bond acceptors (Lipinski definition) is 4. The lowest BCUT2D eigenvalue weighted by Crippen LogP contribution is -2.32. The van der Waals surface area contributed by atoms with Crippen molar-refractivity contribution in [1.82, 2.24) is 10.0 Å². The van der Waals surface area contributed by atoms with Gasteiger partial charge in [0.2, 0.25) is 0 Å². The summed E-state index contributed by atoms with van der Waals surface area (Å²) in [6, 6.07) is 25.4. The highest BCUT2D eigenvalue weighted by Crippen LogP contribution is 2.34. The first-order valence-corrected chi connectivity index (χ1v) is 11.3. The van der Waals surface area contributed by atoms with Crippen molar-refractivity contribution >= 4 is 0 Å². The molecule has 1 aromatic heterocycles. The summed E-state index contributed by atoms with van der Waals surface area (Å²) in [6.07, 6.45) is 3.58. The number of aromatic nitrogens is 1. The van der Waals surface area contributed by atoms with E-state index in [0.29, 0.717) is 0 Å². The molecule has 34 heavy (non-hydrogen) atoms. The molecule has 0 radical (unpaired) electrons. The van der Waals surface area contributed by atoms with E-state index in [1.165, 1.54) is 18.6 Å². The summed E-state index contributed by atoms with van der Waals surface area (Å²) in [5, 5.41) is 11.7. The Morgan fingerprint density at radius 1 is 0.706 bits per heavy atom. The second-order valence-electron chi connectivity index (χ2n) is 8.25. The van der Waals surface area contributed by atoms with Gasteiger partial charge in [-0.1, -0.05) is 32.0 Å². The number of rotatable bonds is 5. The van der Waals surface area contributed by atoms with E-state index >= 15 is 0 Å². The third kappa shape index (κ3) is 5.26. The zero-order valence-corrected chi connectivity index (χ0v) is 18.2. The molecule has 0 atom stereocenters. The van der Waals surface area contributed by atoms with E-state index in [2.05, 4.69) is 0 Å². The predicted molar refractivity (Wildman–Crippen MR) is 135 cm³/mol. The van der Waals surface area contributed by atoms with Crippen LogP contribution in [0.2, 0.25) is 0 Å². The second-order valence-corrected chi connectivity index (χ2v) is 8.25. The molecular formula is C29H29FN2O2. The van der Waals surface area contributed by atoms with Gasteiger partial charge in [-0.15, -0.1) is 5.06 Å². The SMILES string of the molecule is C.Oc1ccc(-c2ccc(-c3ccc(F)cc3)nc2-c2ccc(ON3CCCCC3)cc2)cc1. The minimum absolute atomic E-state index is 0. The Kier molecular flexibility index (Phi) is 7.24. The van der Waals surface area contributed by atoms with Gasteiger partial charge in [-0.25, -0.2) is 9.37 Å². The van der Waals surface area contributed by atoms with Crippen LogP contribution >= 0.6 is 0 Å². The van der Waals surface area contributed by atoms with Crippen molar-refractivity contribution in [2.75, 3.05) is 13.1 Å². The van der Waals surface area contributed by atoms with Gasteiger partial charge in [0.15, 0.2) is 0 Å². The first kappa shape index (κ1) is 23.5. The van der Waals surface area contributed by atoms with Crippen molar-refractivity contribution < 1.29 is 14.3 Å². The number of pyridine rings is 1. The van der Waals surface area contributed by atoms with Gasteiger partial charge in [-0.05, 0) is 85.1 Å². The number of halogens is 1. The fourth-order valence-electron chi connectivity index (χ4n) is 4.11. The van der Waals surface area contributed by atoms with Crippen LogP contribution in [-0.2, 0) is 0 Å². The summed E-state index contributed by atoms with van der Waals surface area (Å²) in [5.74, 6) is 0.751. The quantitative estimate of drug-likeness (QED) is 0.341. The van der Waals surface area contributed by atoms with Crippen molar-refractivity contribution in [1.29, 1.82) is 0 Å². The standard InChI is InChI=1S/C28H25FN2O2.CH4/c29-23-10-4-21(5-11-23)27-17-16-26(20-6-12-24(32)13-7-20)28(30-27)22-8-14-25(15-9-22)33-31-18-2-1-3-19-31;/h4-17,32H,1-3,18-19H2;1H4. The van der Waals surface area contributed by atoms with E-state index < -0.39 is 0 Å². The second kappa shape index (κ2) is 10.5. The van der Waals surface area contributed by atoms with Crippen molar-refractivity contribution in [2.24, 2.45) is 0 Å². The number of phenolic OH excluding ortho intramolecular Hbond substituents is 1. The molecule has 0 aliphatic carbocycles. The fraction of sp³-hybridized carbons (Fsp3) is 0.207. The van der Waals surface area contributed by atoms with E-state index in [4.69, 9.17) is 9.82 Å². The van der Waals surface area contributed by atoms with Crippen molar-refractivity contribution in [3.05, 3.63) is 90.7 Å². The van der Waals surface area contributed by atoms with Crippen molar-refractivity contribution in [2.45, 2.75) is 26.7 Å². The normalized spacial score (nSPS) is 13.8. The first-order valence-electron chi connectivity index (χ1n) is 11.3. The van der Waals surface area contributed by atoms with Crippen LogP contribution < -0.4 is 4.84 Å². The molecule has 5 rings (SSSR count). The summed E-state index contributed by atoms with van der Waals surface area (Å²) in [4.78, 5) is 11.0. The Morgan fingerprint density at radius 2 is 1.32 bits per heavy atom. The van der Waals surface area contributed by atoms with Crippen LogP contribution in [0.1, 0.15) is 26.7 Å². The van der Waals surface area contributed by atoms with Gasteiger partial charge in [0, 0.05) is 29.8 Å².